The van der Waals surface area contributed by atoms with Crippen LogP contribution in [-0.2, 0) is 0 Å². The summed E-state index contributed by atoms with van der Waals surface area (Å²) in [4.78, 5) is 1.20. The molecule has 0 aromatic heterocycles. The van der Waals surface area contributed by atoms with Crippen LogP contribution in [0.3, 0.4) is 0 Å². The molecule has 0 amide bonds. The second kappa shape index (κ2) is 6.98. The van der Waals surface area contributed by atoms with Gasteiger partial charge >= 0.3 is 0 Å². The molecule has 2 N–H and O–H groups in total. The Bertz CT molecular complexity index is 547. The number of thioether (sulfide) groups is 1. The van der Waals surface area contributed by atoms with Crippen LogP contribution in [0.25, 0.3) is 0 Å². The van der Waals surface area contributed by atoms with Crippen LogP contribution in [0.2, 0.25) is 0 Å². The topological polar surface area (TPSA) is 35.2 Å². The number of hydrogen-bond donors (Lipinski definition) is 1. The van der Waals surface area contributed by atoms with Gasteiger partial charge in [-0.1, -0.05) is 24.3 Å². The standard InChI is InChI=1S/C15H16BrNOS/c1-18-12-6-4-5-11(9-12)15(10-17)19-14-8-3-2-7-13(14)16/h2-9,15H,10,17H2,1H3. The summed E-state index contributed by atoms with van der Waals surface area (Å²) in [6, 6.07) is 16.3. The molecule has 0 aliphatic heterocycles. The van der Waals surface area contributed by atoms with Crippen LogP contribution in [0.4, 0.5) is 0 Å². The van der Waals surface area contributed by atoms with E-state index in [1.54, 1.807) is 18.9 Å². The van der Waals surface area contributed by atoms with Crippen molar-refractivity contribution in [2.45, 2.75) is 10.1 Å². The minimum atomic E-state index is 0.216. The number of ether oxygens (including phenoxy) is 1. The highest BCUT2D eigenvalue weighted by Gasteiger charge is 2.13. The summed E-state index contributed by atoms with van der Waals surface area (Å²) in [5.74, 6) is 0.865. The maximum Gasteiger partial charge on any atom is 0.119 e. The minimum absolute atomic E-state index is 0.216. The van der Waals surface area contributed by atoms with E-state index in [1.807, 2.05) is 36.4 Å². The molecule has 0 aliphatic rings. The number of halogens is 1. The predicted octanol–water partition coefficient (Wildman–Crippen LogP) is 4.25. The van der Waals surface area contributed by atoms with Crippen LogP contribution in [0.5, 0.6) is 5.75 Å². The zero-order chi connectivity index (χ0) is 13.7. The van der Waals surface area contributed by atoms with E-state index in [4.69, 9.17) is 10.5 Å². The highest BCUT2D eigenvalue weighted by Crippen LogP contribution is 2.38. The molecule has 0 aliphatic carbocycles. The maximum atomic E-state index is 5.92. The molecule has 2 aromatic rings. The van der Waals surface area contributed by atoms with Gasteiger partial charge in [-0.3, -0.25) is 0 Å². The van der Waals surface area contributed by atoms with Crippen molar-refractivity contribution >= 4 is 27.7 Å². The van der Waals surface area contributed by atoms with Gasteiger partial charge in [0.1, 0.15) is 5.75 Å². The monoisotopic (exact) mass is 337 g/mol. The van der Waals surface area contributed by atoms with Gasteiger partial charge in [-0.15, -0.1) is 11.8 Å². The van der Waals surface area contributed by atoms with Gasteiger partial charge in [0.2, 0.25) is 0 Å². The Balaban J connectivity index is 2.22. The van der Waals surface area contributed by atoms with Gasteiger partial charge < -0.3 is 10.5 Å². The lowest BCUT2D eigenvalue weighted by Crippen LogP contribution is -2.09. The Morgan fingerprint density at radius 2 is 2.00 bits per heavy atom. The molecular weight excluding hydrogens is 322 g/mol. The number of hydrogen-bond acceptors (Lipinski definition) is 3. The summed E-state index contributed by atoms with van der Waals surface area (Å²) in [6.45, 7) is 0.583. The molecule has 0 bridgehead atoms. The van der Waals surface area contributed by atoms with Gasteiger partial charge in [0.15, 0.2) is 0 Å². The molecule has 4 heteroatoms. The second-order valence-electron chi connectivity index (χ2n) is 4.05. The normalized spacial score (nSPS) is 12.2. The van der Waals surface area contributed by atoms with Gasteiger partial charge in [-0.2, -0.15) is 0 Å². The van der Waals surface area contributed by atoms with E-state index in [9.17, 15) is 0 Å². The third kappa shape index (κ3) is 3.75. The highest BCUT2D eigenvalue weighted by atomic mass is 79.9. The number of benzene rings is 2. The molecule has 0 saturated heterocycles. The summed E-state index contributed by atoms with van der Waals surface area (Å²) in [6.07, 6.45) is 0. The second-order valence-corrected chi connectivity index (χ2v) is 6.15. The fraction of sp³-hybridized carbons (Fsp3) is 0.200. The first-order valence-electron chi connectivity index (χ1n) is 6.00. The van der Waals surface area contributed by atoms with E-state index in [0.717, 1.165) is 10.2 Å². The first-order valence-corrected chi connectivity index (χ1v) is 7.67. The quantitative estimate of drug-likeness (QED) is 0.828. The molecule has 100 valence electrons. The summed E-state index contributed by atoms with van der Waals surface area (Å²) in [7, 11) is 1.68. The molecule has 2 aromatic carbocycles. The number of nitrogens with two attached hydrogens (primary N) is 1. The van der Waals surface area contributed by atoms with Crippen LogP contribution < -0.4 is 10.5 Å². The molecule has 2 rings (SSSR count). The van der Waals surface area contributed by atoms with Crippen molar-refractivity contribution in [3.63, 3.8) is 0 Å². The Morgan fingerprint density at radius 1 is 1.21 bits per heavy atom. The smallest absolute Gasteiger partial charge is 0.119 e. The Morgan fingerprint density at radius 3 is 2.68 bits per heavy atom. The first-order chi connectivity index (χ1) is 9.24. The van der Waals surface area contributed by atoms with Crippen molar-refractivity contribution in [1.29, 1.82) is 0 Å². The van der Waals surface area contributed by atoms with Crippen molar-refractivity contribution < 1.29 is 4.74 Å². The average Bonchev–Trinajstić information content (AvgIpc) is 2.46. The Kier molecular flexibility index (Phi) is 5.31. The lowest BCUT2D eigenvalue weighted by atomic mass is 10.1. The summed E-state index contributed by atoms with van der Waals surface area (Å²) in [5.41, 5.74) is 7.10. The summed E-state index contributed by atoms with van der Waals surface area (Å²) in [5, 5.41) is 0.216. The number of methoxy groups -OCH3 is 1. The Labute approximate surface area is 126 Å². The maximum absolute atomic E-state index is 5.92. The SMILES string of the molecule is COc1cccc(C(CN)Sc2ccccc2Br)c1. The van der Waals surface area contributed by atoms with Gasteiger partial charge in [-0.05, 0) is 45.8 Å². The predicted molar refractivity (Wildman–Crippen MR) is 84.8 cm³/mol. The fourth-order valence-electron chi connectivity index (χ4n) is 1.79. The first kappa shape index (κ1) is 14.4. The van der Waals surface area contributed by atoms with Crippen LogP contribution in [0.1, 0.15) is 10.8 Å². The third-order valence-electron chi connectivity index (χ3n) is 2.79. The third-order valence-corrected chi connectivity index (χ3v) is 5.10. The van der Waals surface area contributed by atoms with E-state index < -0.39 is 0 Å². The largest absolute Gasteiger partial charge is 0.497 e. The average molecular weight is 338 g/mol. The molecular formula is C15H16BrNOS. The molecule has 0 heterocycles. The van der Waals surface area contributed by atoms with Gasteiger partial charge in [0.05, 0.1) is 7.11 Å². The summed E-state index contributed by atoms with van der Waals surface area (Å²) < 4.78 is 6.36. The molecule has 1 atom stereocenters. The Hall–Kier alpha value is -0.970. The van der Waals surface area contributed by atoms with Crippen LogP contribution in [0.15, 0.2) is 57.9 Å². The lowest BCUT2D eigenvalue weighted by Gasteiger charge is -2.16. The van der Waals surface area contributed by atoms with Crippen LogP contribution >= 0.6 is 27.7 Å². The highest BCUT2D eigenvalue weighted by molar-refractivity contribution is 9.10. The lowest BCUT2D eigenvalue weighted by molar-refractivity contribution is 0.414. The molecule has 0 spiro atoms. The summed E-state index contributed by atoms with van der Waals surface area (Å²) >= 11 is 5.33. The van der Waals surface area contributed by atoms with E-state index in [1.165, 1.54) is 10.5 Å². The van der Waals surface area contributed by atoms with Crippen LogP contribution in [0, 0.1) is 0 Å². The minimum Gasteiger partial charge on any atom is -0.497 e. The van der Waals surface area contributed by atoms with Crippen LogP contribution in [-0.4, -0.2) is 13.7 Å². The molecule has 0 saturated carbocycles. The van der Waals surface area contributed by atoms with E-state index in [2.05, 4.69) is 28.1 Å². The molecule has 19 heavy (non-hydrogen) atoms. The zero-order valence-corrected chi connectivity index (χ0v) is 13.1. The van der Waals surface area contributed by atoms with Crippen molar-refractivity contribution in [1.82, 2.24) is 0 Å². The molecule has 0 fully saturated rings. The van der Waals surface area contributed by atoms with E-state index in [0.29, 0.717) is 6.54 Å². The zero-order valence-electron chi connectivity index (χ0n) is 10.7. The van der Waals surface area contributed by atoms with Gasteiger partial charge in [0.25, 0.3) is 0 Å². The van der Waals surface area contributed by atoms with Crippen molar-refractivity contribution in [3.05, 3.63) is 58.6 Å². The molecule has 1 unspecified atom stereocenters. The van der Waals surface area contributed by atoms with Crippen molar-refractivity contribution in [3.8, 4) is 5.75 Å². The van der Waals surface area contributed by atoms with Crippen molar-refractivity contribution in [2.75, 3.05) is 13.7 Å². The number of rotatable bonds is 5. The van der Waals surface area contributed by atoms with E-state index in [-0.39, 0.29) is 5.25 Å². The molecule has 2 nitrogen and oxygen atoms in total. The van der Waals surface area contributed by atoms with E-state index >= 15 is 0 Å². The van der Waals surface area contributed by atoms with Gasteiger partial charge in [0, 0.05) is 21.2 Å². The van der Waals surface area contributed by atoms with Crippen molar-refractivity contribution in [2.24, 2.45) is 5.73 Å². The molecule has 0 radical (unpaired) electrons. The fourth-order valence-corrected chi connectivity index (χ4v) is 3.38. The van der Waals surface area contributed by atoms with Gasteiger partial charge in [-0.25, -0.2) is 0 Å².